The van der Waals surface area contributed by atoms with E-state index < -0.39 is 22.7 Å². The third-order valence-electron chi connectivity index (χ3n) is 8.89. The summed E-state index contributed by atoms with van der Waals surface area (Å²) >= 11 is 5.25. The molecule has 17 heteroatoms. The van der Waals surface area contributed by atoms with Crippen LogP contribution in [0.5, 0.6) is 0 Å². The minimum absolute atomic E-state index is 0.000449. The van der Waals surface area contributed by atoms with Gasteiger partial charge in [-0.1, -0.05) is 30.3 Å². The zero-order valence-electron chi connectivity index (χ0n) is 25.0. The van der Waals surface area contributed by atoms with Gasteiger partial charge in [0.05, 0.1) is 6.04 Å². The van der Waals surface area contributed by atoms with E-state index in [-0.39, 0.29) is 46.0 Å². The van der Waals surface area contributed by atoms with Crippen molar-refractivity contribution in [3.8, 4) is 11.4 Å². The summed E-state index contributed by atoms with van der Waals surface area (Å²) in [5, 5.41) is 23.9. The molecular formula is C31H25N11O5S. The lowest BCUT2D eigenvalue weighted by Gasteiger charge is -2.32. The van der Waals surface area contributed by atoms with Crippen molar-refractivity contribution in [1.82, 2.24) is 45.8 Å². The van der Waals surface area contributed by atoms with Crippen LogP contribution in [0.25, 0.3) is 17.2 Å². The zero-order valence-corrected chi connectivity index (χ0v) is 25.8. The van der Waals surface area contributed by atoms with Gasteiger partial charge in [-0.3, -0.25) is 19.2 Å². The number of nitrogens with two attached hydrogens (primary N) is 1. The van der Waals surface area contributed by atoms with Crippen molar-refractivity contribution in [2.45, 2.75) is 38.4 Å². The first kappa shape index (κ1) is 29.3. The Morgan fingerprint density at radius 2 is 1.92 bits per heavy atom. The molecule has 0 bridgehead atoms. The summed E-state index contributed by atoms with van der Waals surface area (Å²) in [7, 11) is 0. The third-order valence-corrected chi connectivity index (χ3v) is 9.15. The molecule has 2 amide bonds. The second-order valence-electron chi connectivity index (χ2n) is 11.7. The van der Waals surface area contributed by atoms with Crippen molar-refractivity contribution in [2.75, 3.05) is 17.2 Å². The molecule has 16 nitrogen and oxygen atoms in total. The van der Waals surface area contributed by atoms with Gasteiger partial charge in [0, 0.05) is 25.2 Å². The van der Waals surface area contributed by atoms with E-state index >= 15 is 0 Å². The van der Waals surface area contributed by atoms with Gasteiger partial charge in [0.15, 0.2) is 0 Å². The lowest BCUT2D eigenvalue weighted by atomic mass is 9.96. The van der Waals surface area contributed by atoms with Gasteiger partial charge in [-0.05, 0) is 81.8 Å². The molecule has 8 rings (SSSR count). The first-order valence-corrected chi connectivity index (χ1v) is 15.5. The molecule has 0 saturated heterocycles. The van der Waals surface area contributed by atoms with Gasteiger partial charge < -0.3 is 25.8 Å². The number of hydrogen-bond donors (Lipinski definition) is 4. The SMILES string of the molecule is Nc1c(N2CCc3ccc(CNC(=O)c4cc(C(=O)N[C@H]5CCc6cc(-c7nn[nH]n7)ccc65)nc5noc(=S)n45)cc3C2)c(=O)c1=O. The standard InChI is InChI=1S/C31H25N11O5S/c32-23-24(26(44)25(23)43)41-8-7-15-2-1-14(9-18(15)13-41)12-33-29(46)22-11-21(35-30-38-47-31(48)42(22)30)28(45)34-20-6-4-16-10-17(3-5-19(16)20)27-36-39-40-37-27/h1-3,5,9-11,20H,4,6-8,12-13,32H2,(H,33,46)(H,34,45)(H,36,37,39,40)/t20-/m0/s1. The van der Waals surface area contributed by atoms with Crippen LogP contribution in [-0.2, 0) is 25.9 Å². The summed E-state index contributed by atoms with van der Waals surface area (Å²) in [6, 6.07) is 12.7. The van der Waals surface area contributed by atoms with Gasteiger partial charge in [0.25, 0.3) is 28.4 Å². The number of aryl methyl sites for hydroxylation is 1. The smallest absolute Gasteiger partial charge is 0.303 e. The van der Waals surface area contributed by atoms with Gasteiger partial charge in [-0.25, -0.2) is 9.38 Å². The van der Waals surface area contributed by atoms with Gasteiger partial charge >= 0.3 is 4.84 Å². The van der Waals surface area contributed by atoms with Gasteiger partial charge in [-0.15, -0.1) is 10.2 Å². The number of anilines is 2. The Hall–Kier alpha value is -6.10. The Bertz CT molecular complexity index is 2410. The van der Waals surface area contributed by atoms with E-state index in [2.05, 4.69) is 41.4 Å². The number of hydrogen-bond acceptors (Lipinski definition) is 13. The fourth-order valence-corrected chi connectivity index (χ4v) is 6.67. The fourth-order valence-electron chi connectivity index (χ4n) is 6.46. The van der Waals surface area contributed by atoms with Crippen LogP contribution in [0.1, 0.15) is 61.3 Å². The minimum Gasteiger partial charge on any atom is -0.394 e. The van der Waals surface area contributed by atoms with Crippen LogP contribution in [0.2, 0.25) is 0 Å². The number of aromatic amines is 1. The Morgan fingerprint density at radius 3 is 2.73 bits per heavy atom. The molecule has 3 aromatic heterocycles. The molecule has 0 unspecified atom stereocenters. The number of amides is 2. The summed E-state index contributed by atoms with van der Waals surface area (Å²) in [4.78, 5) is 56.8. The van der Waals surface area contributed by atoms with E-state index in [0.29, 0.717) is 31.8 Å². The highest BCUT2D eigenvalue weighted by atomic mass is 32.1. The normalized spacial score (nSPS) is 15.4. The second kappa shape index (κ2) is 11.3. The minimum atomic E-state index is -0.647. The van der Waals surface area contributed by atoms with Crippen LogP contribution < -0.4 is 32.1 Å². The second-order valence-corrected chi connectivity index (χ2v) is 12.1. The maximum Gasteiger partial charge on any atom is 0.303 e. The number of rotatable bonds is 7. The molecule has 6 aromatic rings. The lowest BCUT2D eigenvalue weighted by molar-refractivity contribution is 0.0931. The van der Waals surface area contributed by atoms with Crippen molar-refractivity contribution in [1.29, 1.82) is 0 Å². The van der Waals surface area contributed by atoms with Crippen LogP contribution in [0, 0.1) is 4.84 Å². The number of nitrogens with one attached hydrogen (secondary N) is 3. The zero-order chi connectivity index (χ0) is 33.1. The number of carbonyl (C=O) groups is 2. The Kier molecular flexibility index (Phi) is 6.90. The maximum atomic E-state index is 13.6. The fraction of sp³-hybridized carbons (Fsp3) is 0.226. The molecular weight excluding hydrogens is 638 g/mol. The Balaban J connectivity index is 0.993. The van der Waals surface area contributed by atoms with Crippen LogP contribution in [0.3, 0.4) is 0 Å². The summed E-state index contributed by atoms with van der Waals surface area (Å²) in [6.07, 6.45) is 2.11. The molecule has 1 atom stereocenters. The van der Waals surface area contributed by atoms with E-state index in [1.165, 1.54) is 10.5 Å². The molecule has 0 fully saturated rings. The number of tetrazole rings is 1. The molecule has 240 valence electrons. The molecule has 3 aromatic carbocycles. The van der Waals surface area contributed by atoms with Crippen LogP contribution >= 0.6 is 12.2 Å². The monoisotopic (exact) mass is 663 g/mol. The number of nitrogens with zero attached hydrogens (tertiary/aromatic N) is 7. The number of carbonyl (C=O) groups excluding carboxylic acids is 2. The number of aromatic nitrogens is 7. The van der Waals surface area contributed by atoms with E-state index in [1.54, 1.807) is 0 Å². The van der Waals surface area contributed by atoms with Crippen molar-refractivity contribution in [3.63, 3.8) is 0 Å². The largest absolute Gasteiger partial charge is 0.394 e. The van der Waals surface area contributed by atoms with Crippen LogP contribution in [0.15, 0.2) is 56.6 Å². The van der Waals surface area contributed by atoms with Crippen molar-refractivity contribution >= 4 is 41.2 Å². The number of fused-ring (bicyclic) bond motifs is 3. The quantitative estimate of drug-likeness (QED) is 0.140. The maximum absolute atomic E-state index is 13.6. The first-order valence-electron chi connectivity index (χ1n) is 15.0. The van der Waals surface area contributed by atoms with Crippen LogP contribution in [-0.4, -0.2) is 53.5 Å². The third kappa shape index (κ3) is 4.91. The lowest BCUT2D eigenvalue weighted by Crippen LogP contribution is -2.44. The summed E-state index contributed by atoms with van der Waals surface area (Å²) in [5.74, 6) is -0.545. The Morgan fingerprint density at radius 1 is 1.04 bits per heavy atom. The van der Waals surface area contributed by atoms with Gasteiger partial charge in [0.1, 0.15) is 22.8 Å². The molecule has 4 heterocycles. The average molecular weight is 664 g/mol. The average Bonchev–Trinajstić information content (AvgIpc) is 3.87. The highest BCUT2D eigenvalue weighted by Crippen LogP contribution is 2.34. The molecule has 1 aliphatic heterocycles. The molecule has 2 aliphatic rings. The van der Waals surface area contributed by atoms with Gasteiger partial charge in [-0.2, -0.15) is 5.21 Å². The van der Waals surface area contributed by atoms with Crippen LogP contribution in [0.4, 0.5) is 11.4 Å². The summed E-state index contributed by atoms with van der Waals surface area (Å²) < 4.78 is 6.40. The molecule has 0 radical (unpaired) electrons. The molecule has 0 spiro atoms. The topological polar surface area (TPSA) is 219 Å². The summed E-state index contributed by atoms with van der Waals surface area (Å²) in [6.45, 7) is 1.14. The summed E-state index contributed by atoms with van der Waals surface area (Å²) in [5.41, 5.74) is 10.6. The molecule has 0 saturated carbocycles. The van der Waals surface area contributed by atoms with E-state index in [4.69, 9.17) is 22.5 Å². The van der Waals surface area contributed by atoms with E-state index in [1.807, 2.05) is 41.3 Å². The van der Waals surface area contributed by atoms with E-state index in [9.17, 15) is 19.2 Å². The number of nitrogen functional groups attached to an aromatic ring is 1. The highest BCUT2D eigenvalue weighted by molar-refractivity contribution is 7.71. The van der Waals surface area contributed by atoms with Crippen molar-refractivity contribution in [3.05, 3.63) is 107 Å². The molecule has 1 aliphatic carbocycles. The Labute approximate surface area is 274 Å². The predicted molar refractivity (Wildman–Crippen MR) is 172 cm³/mol. The first-order chi connectivity index (χ1) is 23.2. The highest BCUT2D eigenvalue weighted by Gasteiger charge is 2.28. The number of benzene rings is 2. The molecule has 48 heavy (non-hydrogen) atoms. The van der Waals surface area contributed by atoms with E-state index in [0.717, 1.165) is 39.8 Å². The number of H-pyrrole nitrogens is 1. The predicted octanol–water partition coefficient (Wildman–Crippen LogP) is 1.32. The van der Waals surface area contributed by atoms with Crippen molar-refractivity contribution < 1.29 is 14.1 Å². The van der Waals surface area contributed by atoms with Crippen molar-refractivity contribution in [2.24, 2.45) is 0 Å². The van der Waals surface area contributed by atoms with Gasteiger partial charge in [0.2, 0.25) is 5.82 Å². The molecule has 5 N–H and O–H groups in total.